The Balaban J connectivity index is 2.36. The van der Waals surface area contributed by atoms with Gasteiger partial charge in [-0.3, -0.25) is 10.1 Å². The van der Waals surface area contributed by atoms with Crippen LogP contribution in [0.4, 0.5) is 21.7 Å². The molecule has 0 radical (unpaired) electrons. The molecule has 2 rings (SSSR count). The first-order valence-electron chi connectivity index (χ1n) is 6.22. The third kappa shape index (κ3) is 3.04. The van der Waals surface area contributed by atoms with Gasteiger partial charge in [0.25, 0.3) is 0 Å². The van der Waals surface area contributed by atoms with Crippen LogP contribution in [0.25, 0.3) is 0 Å². The number of aromatic nitrogens is 2. The van der Waals surface area contributed by atoms with Gasteiger partial charge in [0, 0.05) is 12.6 Å². The van der Waals surface area contributed by atoms with E-state index in [0.717, 1.165) is 0 Å². The molecule has 0 bridgehead atoms. The Labute approximate surface area is 120 Å². The average molecular weight is 291 g/mol. The van der Waals surface area contributed by atoms with Crippen LogP contribution < -0.4 is 10.6 Å². The number of nitrogens with one attached hydrogen (secondary N) is 2. The van der Waals surface area contributed by atoms with Crippen molar-refractivity contribution in [2.24, 2.45) is 0 Å². The minimum atomic E-state index is -0.581. The largest absolute Gasteiger partial charge is 0.367 e. The van der Waals surface area contributed by atoms with Crippen molar-refractivity contribution in [2.75, 3.05) is 17.7 Å². The van der Waals surface area contributed by atoms with Crippen molar-refractivity contribution in [3.63, 3.8) is 0 Å². The lowest BCUT2D eigenvalue weighted by Gasteiger charge is -2.16. The standard InChI is InChI=1S/C13H14FN5O2/c1-8(9-5-3-4-6-10(9)14)18-13-11(19(20)21)12(15-2)16-7-17-13/h3-8H,1-2H3,(H2,15,16,17,18). The van der Waals surface area contributed by atoms with E-state index < -0.39 is 11.0 Å². The van der Waals surface area contributed by atoms with Crippen molar-refractivity contribution >= 4 is 17.3 Å². The highest BCUT2D eigenvalue weighted by atomic mass is 19.1. The molecule has 21 heavy (non-hydrogen) atoms. The summed E-state index contributed by atoms with van der Waals surface area (Å²) in [6.45, 7) is 1.70. The molecular weight excluding hydrogens is 277 g/mol. The Morgan fingerprint density at radius 2 is 1.95 bits per heavy atom. The zero-order chi connectivity index (χ0) is 15.4. The number of halogens is 1. The minimum Gasteiger partial charge on any atom is -0.367 e. The van der Waals surface area contributed by atoms with Crippen LogP contribution in [0.1, 0.15) is 18.5 Å². The number of hydrogen-bond acceptors (Lipinski definition) is 6. The quantitative estimate of drug-likeness (QED) is 0.650. The van der Waals surface area contributed by atoms with Crippen LogP contribution in [0.2, 0.25) is 0 Å². The summed E-state index contributed by atoms with van der Waals surface area (Å²) in [6.07, 6.45) is 1.20. The van der Waals surface area contributed by atoms with E-state index in [2.05, 4.69) is 20.6 Å². The predicted octanol–water partition coefficient (Wildman–Crippen LogP) is 2.74. The molecule has 8 heteroatoms. The summed E-state index contributed by atoms with van der Waals surface area (Å²) in [5, 5.41) is 16.6. The Bertz CT molecular complexity index is 665. The first-order chi connectivity index (χ1) is 10.0. The molecule has 0 aliphatic rings. The van der Waals surface area contributed by atoms with Crippen molar-refractivity contribution in [1.82, 2.24) is 9.97 Å². The van der Waals surface area contributed by atoms with Gasteiger partial charge in [-0.25, -0.2) is 14.4 Å². The molecule has 0 amide bonds. The average Bonchev–Trinajstić information content (AvgIpc) is 2.46. The smallest absolute Gasteiger partial charge is 0.353 e. The summed E-state index contributed by atoms with van der Waals surface area (Å²) in [5.74, 6) is -0.253. The summed E-state index contributed by atoms with van der Waals surface area (Å²) in [7, 11) is 1.53. The summed E-state index contributed by atoms with van der Waals surface area (Å²) in [6, 6.07) is 5.74. The van der Waals surface area contributed by atoms with Gasteiger partial charge < -0.3 is 10.6 Å². The lowest BCUT2D eigenvalue weighted by atomic mass is 10.1. The molecule has 110 valence electrons. The Hall–Kier alpha value is -2.77. The SMILES string of the molecule is CNc1ncnc(NC(C)c2ccccc2F)c1[N+](=O)[O-]. The summed E-state index contributed by atoms with van der Waals surface area (Å²) in [4.78, 5) is 18.3. The molecular formula is C13H14FN5O2. The van der Waals surface area contributed by atoms with Gasteiger partial charge in [-0.15, -0.1) is 0 Å². The van der Waals surface area contributed by atoms with Gasteiger partial charge in [-0.05, 0) is 13.0 Å². The third-order valence-electron chi connectivity index (χ3n) is 2.97. The van der Waals surface area contributed by atoms with E-state index in [9.17, 15) is 14.5 Å². The van der Waals surface area contributed by atoms with Gasteiger partial charge in [-0.2, -0.15) is 0 Å². The number of benzene rings is 1. The molecule has 0 spiro atoms. The second-order valence-corrected chi connectivity index (χ2v) is 4.31. The van der Waals surface area contributed by atoms with Crippen molar-refractivity contribution in [2.45, 2.75) is 13.0 Å². The van der Waals surface area contributed by atoms with E-state index in [1.807, 2.05) is 0 Å². The van der Waals surface area contributed by atoms with Crippen LogP contribution in [0, 0.1) is 15.9 Å². The van der Waals surface area contributed by atoms with Gasteiger partial charge in [-0.1, -0.05) is 18.2 Å². The molecule has 0 saturated heterocycles. The van der Waals surface area contributed by atoms with Crippen LogP contribution in [0.3, 0.4) is 0 Å². The predicted molar refractivity (Wildman–Crippen MR) is 76.7 cm³/mol. The number of anilines is 2. The van der Waals surface area contributed by atoms with Crippen LogP contribution in [0.15, 0.2) is 30.6 Å². The maximum atomic E-state index is 13.7. The fraction of sp³-hybridized carbons (Fsp3) is 0.231. The maximum absolute atomic E-state index is 13.7. The van der Waals surface area contributed by atoms with Gasteiger partial charge in [0.2, 0.25) is 11.6 Å². The highest BCUT2D eigenvalue weighted by Crippen LogP contribution is 2.31. The molecule has 1 aromatic heterocycles. The van der Waals surface area contributed by atoms with Crippen molar-refractivity contribution < 1.29 is 9.31 Å². The van der Waals surface area contributed by atoms with Crippen molar-refractivity contribution in [3.8, 4) is 0 Å². The summed E-state index contributed by atoms with van der Waals surface area (Å²) >= 11 is 0. The Morgan fingerprint density at radius 3 is 2.57 bits per heavy atom. The molecule has 1 heterocycles. The highest BCUT2D eigenvalue weighted by Gasteiger charge is 2.24. The van der Waals surface area contributed by atoms with Crippen LogP contribution in [0.5, 0.6) is 0 Å². The monoisotopic (exact) mass is 291 g/mol. The zero-order valence-corrected chi connectivity index (χ0v) is 11.5. The van der Waals surface area contributed by atoms with Crippen molar-refractivity contribution in [3.05, 3.63) is 52.1 Å². The van der Waals surface area contributed by atoms with E-state index in [1.165, 1.54) is 19.4 Å². The number of rotatable bonds is 5. The maximum Gasteiger partial charge on any atom is 0.353 e. The molecule has 0 aliphatic heterocycles. The normalized spacial score (nSPS) is 11.8. The summed E-state index contributed by atoms with van der Waals surface area (Å²) < 4.78 is 13.7. The van der Waals surface area contributed by atoms with E-state index in [-0.39, 0.29) is 23.1 Å². The fourth-order valence-corrected chi connectivity index (χ4v) is 1.95. The minimum absolute atomic E-state index is 0.0371. The molecule has 0 fully saturated rings. The molecule has 1 aromatic carbocycles. The topological polar surface area (TPSA) is 93.0 Å². The fourth-order valence-electron chi connectivity index (χ4n) is 1.95. The zero-order valence-electron chi connectivity index (χ0n) is 11.5. The van der Waals surface area contributed by atoms with Gasteiger partial charge in [0.1, 0.15) is 12.1 Å². The highest BCUT2D eigenvalue weighted by molar-refractivity contribution is 5.69. The molecule has 7 nitrogen and oxygen atoms in total. The molecule has 0 saturated carbocycles. The second-order valence-electron chi connectivity index (χ2n) is 4.31. The second kappa shape index (κ2) is 6.12. The molecule has 2 N–H and O–H groups in total. The van der Waals surface area contributed by atoms with Gasteiger partial charge in [0.05, 0.1) is 11.0 Å². The summed E-state index contributed by atoms with van der Waals surface area (Å²) in [5.41, 5.74) is 0.125. The molecule has 0 aliphatic carbocycles. The molecule has 2 aromatic rings. The molecule has 1 unspecified atom stereocenters. The lowest BCUT2D eigenvalue weighted by Crippen LogP contribution is -2.12. The number of nitrogens with zero attached hydrogens (tertiary/aromatic N) is 3. The van der Waals surface area contributed by atoms with Crippen LogP contribution >= 0.6 is 0 Å². The Morgan fingerprint density at radius 1 is 1.29 bits per heavy atom. The van der Waals surface area contributed by atoms with Crippen molar-refractivity contribution in [1.29, 1.82) is 0 Å². The first kappa shape index (κ1) is 14.6. The molecule has 1 atom stereocenters. The van der Waals surface area contributed by atoms with E-state index >= 15 is 0 Å². The first-order valence-corrected chi connectivity index (χ1v) is 6.22. The van der Waals surface area contributed by atoms with Gasteiger partial charge >= 0.3 is 5.69 Å². The number of hydrogen-bond donors (Lipinski definition) is 2. The van der Waals surface area contributed by atoms with E-state index in [4.69, 9.17) is 0 Å². The lowest BCUT2D eigenvalue weighted by molar-refractivity contribution is -0.383. The Kier molecular flexibility index (Phi) is 4.27. The number of nitro groups is 1. The van der Waals surface area contributed by atoms with E-state index in [1.54, 1.807) is 25.1 Å². The van der Waals surface area contributed by atoms with Gasteiger partial charge in [0.15, 0.2) is 0 Å². The third-order valence-corrected chi connectivity index (χ3v) is 2.97. The van der Waals surface area contributed by atoms with Crippen LogP contribution in [-0.4, -0.2) is 21.9 Å². The van der Waals surface area contributed by atoms with Crippen LogP contribution in [-0.2, 0) is 0 Å². The van der Waals surface area contributed by atoms with E-state index in [0.29, 0.717) is 5.56 Å².